The molecule has 0 saturated heterocycles. The highest BCUT2D eigenvalue weighted by atomic mass is 19.3. The minimum Gasteiger partial charge on any atom is -0.477 e. The van der Waals surface area contributed by atoms with Crippen molar-refractivity contribution >= 4 is 5.97 Å². The monoisotopic (exact) mass is 196 g/mol. The number of carbonyl (C=O) groups is 1. The lowest BCUT2D eigenvalue weighted by atomic mass is 9.81. The maximum Gasteiger partial charge on any atom is 0.378 e. The van der Waals surface area contributed by atoms with Gasteiger partial charge in [-0.15, -0.1) is 0 Å². The van der Waals surface area contributed by atoms with Crippen LogP contribution in [0.2, 0.25) is 0 Å². The first kappa shape index (κ1) is 10.3. The second-order valence-corrected chi connectivity index (χ2v) is 3.41. The van der Waals surface area contributed by atoms with Gasteiger partial charge in [0.15, 0.2) is 5.67 Å². The molecular formula is C8H11F3O2. The van der Waals surface area contributed by atoms with Crippen LogP contribution in [0.5, 0.6) is 0 Å². The lowest BCUT2D eigenvalue weighted by Crippen LogP contribution is -2.51. The van der Waals surface area contributed by atoms with Gasteiger partial charge in [-0.2, -0.15) is 8.78 Å². The van der Waals surface area contributed by atoms with Gasteiger partial charge in [-0.3, -0.25) is 0 Å². The van der Waals surface area contributed by atoms with Crippen LogP contribution in [0.3, 0.4) is 0 Å². The van der Waals surface area contributed by atoms with E-state index in [4.69, 9.17) is 5.11 Å². The van der Waals surface area contributed by atoms with E-state index in [1.807, 2.05) is 0 Å². The molecule has 0 radical (unpaired) electrons. The van der Waals surface area contributed by atoms with E-state index in [0.29, 0.717) is 19.3 Å². The van der Waals surface area contributed by atoms with Crippen molar-refractivity contribution in [3.63, 3.8) is 0 Å². The highest BCUT2D eigenvalue weighted by Gasteiger charge is 2.60. The first-order chi connectivity index (χ1) is 5.90. The molecule has 0 aromatic carbocycles. The zero-order valence-corrected chi connectivity index (χ0v) is 7.02. The van der Waals surface area contributed by atoms with Crippen LogP contribution in [-0.4, -0.2) is 22.7 Å². The third kappa shape index (κ3) is 1.64. The van der Waals surface area contributed by atoms with Gasteiger partial charge in [0.25, 0.3) is 0 Å². The Morgan fingerprint density at radius 2 is 1.69 bits per heavy atom. The number of aliphatic carboxylic acids is 1. The van der Waals surface area contributed by atoms with E-state index in [0.717, 1.165) is 0 Å². The molecule has 0 unspecified atom stereocenters. The number of carboxylic acids is 1. The number of rotatable bonds is 2. The third-order valence-electron chi connectivity index (χ3n) is 2.48. The number of halogens is 3. The molecule has 1 rings (SSSR count). The standard InChI is InChI=1S/C8H11F3O2/c9-7(4-2-1-3-5-7)8(10,11)6(12)13/h1-5H2,(H,12,13). The molecule has 0 bridgehead atoms. The molecule has 13 heavy (non-hydrogen) atoms. The van der Waals surface area contributed by atoms with Gasteiger partial charge in [-0.05, 0) is 12.8 Å². The van der Waals surface area contributed by atoms with Gasteiger partial charge in [0.05, 0.1) is 0 Å². The average Bonchev–Trinajstić information content (AvgIpc) is 2.05. The second-order valence-electron chi connectivity index (χ2n) is 3.41. The molecule has 0 heterocycles. The Morgan fingerprint density at radius 1 is 1.23 bits per heavy atom. The Bertz CT molecular complexity index is 209. The van der Waals surface area contributed by atoms with E-state index in [9.17, 15) is 18.0 Å². The molecule has 2 nitrogen and oxygen atoms in total. The van der Waals surface area contributed by atoms with Crippen molar-refractivity contribution in [1.29, 1.82) is 0 Å². The number of hydrogen-bond donors (Lipinski definition) is 1. The summed E-state index contributed by atoms with van der Waals surface area (Å²) < 4.78 is 39.2. The summed E-state index contributed by atoms with van der Waals surface area (Å²) >= 11 is 0. The summed E-state index contributed by atoms with van der Waals surface area (Å²) in [7, 11) is 0. The third-order valence-corrected chi connectivity index (χ3v) is 2.48. The molecule has 0 aromatic heterocycles. The molecule has 1 fully saturated rings. The van der Waals surface area contributed by atoms with E-state index < -0.39 is 17.6 Å². The number of alkyl halides is 3. The van der Waals surface area contributed by atoms with Crippen molar-refractivity contribution in [2.45, 2.75) is 43.7 Å². The molecule has 1 N–H and O–H groups in total. The van der Waals surface area contributed by atoms with Gasteiger partial charge in [0.2, 0.25) is 0 Å². The van der Waals surface area contributed by atoms with Crippen molar-refractivity contribution in [2.75, 3.05) is 0 Å². The van der Waals surface area contributed by atoms with Crippen LogP contribution in [0.25, 0.3) is 0 Å². The highest BCUT2D eigenvalue weighted by Crippen LogP contribution is 2.43. The fourth-order valence-electron chi connectivity index (χ4n) is 1.62. The molecule has 0 aromatic rings. The van der Waals surface area contributed by atoms with Gasteiger partial charge < -0.3 is 5.11 Å². The Kier molecular flexibility index (Phi) is 2.54. The minimum atomic E-state index is -4.24. The predicted octanol–water partition coefficient (Wildman–Crippen LogP) is 2.38. The molecule has 0 spiro atoms. The second kappa shape index (κ2) is 3.20. The maximum absolute atomic E-state index is 13.5. The molecule has 0 atom stereocenters. The summed E-state index contributed by atoms with van der Waals surface area (Å²) in [6, 6.07) is 0. The number of carboxylic acid groups (broad SMARTS) is 1. The van der Waals surface area contributed by atoms with E-state index in [1.54, 1.807) is 0 Å². The zero-order chi connectivity index (χ0) is 10.1. The van der Waals surface area contributed by atoms with Crippen molar-refractivity contribution in [3.8, 4) is 0 Å². The lowest BCUT2D eigenvalue weighted by molar-refractivity contribution is -0.196. The molecule has 5 heteroatoms. The zero-order valence-electron chi connectivity index (χ0n) is 7.02. The van der Waals surface area contributed by atoms with Crippen LogP contribution in [0.15, 0.2) is 0 Å². The Balaban J connectivity index is 2.82. The summed E-state index contributed by atoms with van der Waals surface area (Å²) in [6.07, 6.45) is 0.651. The molecular weight excluding hydrogens is 185 g/mol. The average molecular weight is 196 g/mol. The Hall–Kier alpha value is -0.740. The first-order valence-electron chi connectivity index (χ1n) is 4.20. The molecule has 1 saturated carbocycles. The van der Waals surface area contributed by atoms with Crippen molar-refractivity contribution in [1.82, 2.24) is 0 Å². The van der Waals surface area contributed by atoms with E-state index >= 15 is 0 Å². The molecule has 1 aliphatic carbocycles. The van der Waals surface area contributed by atoms with Gasteiger partial charge in [0.1, 0.15) is 0 Å². The first-order valence-corrected chi connectivity index (χ1v) is 4.20. The van der Waals surface area contributed by atoms with Crippen LogP contribution < -0.4 is 0 Å². The van der Waals surface area contributed by atoms with Gasteiger partial charge in [-0.1, -0.05) is 19.3 Å². The summed E-state index contributed by atoms with van der Waals surface area (Å²) in [5, 5.41) is 8.17. The molecule has 0 aliphatic heterocycles. The van der Waals surface area contributed by atoms with E-state index in [1.165, 1.54) is 0 Å². The summed E-state index contributed by atoms with van der Waals surface area (Å²) in [4.78, 5) is 10.1. The maximum atomic E-state index is 13.5. The van der Waals surface area contributed by atoms with Crippen LogP contribution in [0, 0.1) is 0 Å². The van der Waals surface area contributed by atoms with Crippen LogP contribution in [0.4, 0.5) is 13.2 Å². The predicted molar refractivity (Wildman–Crippen MR) is 39.5 cm³/mol. The molecule has 1 aliphatic rings. The summed E-state index contributed by atoms with van der Waals surface area (Å²) in [5.74, 6) is -6.61. The van der Waals surface area contributed by atoms with Gasteiger partial charge in [-0.25, -0.2) is 9.18 Å². The van der Waals surface area contributed by atoms with Crippen LogP contribution >= 0.6 is 0 Å². The highest BCUT2D eigenvalue weighted by molar-refractivity contribution is 5.77. The van der Waals surface area contributed by atoms with Crippen LogP contribution in [-0.2, 0) is 4.79 Å². The largest absolute Gasteiger partial charge is 0.477 e. The summed E-state index contributed by atoms with van der Waals surface area (Å²) in [5.41, 5.74) is -2.84. The normalized spacial score (nSPS) is 22.7. The van der Waals surface area contributed by atoms with Crippen molar-refractivity contribution in [3.05, 3.63) is 0 Å². The Morgan fingerprint density at radius 3 is 2.08 bits per heavy atom. The van der Waals surface area contributed by atoms with Crippen LogP contribution in [0.1, 0.15) is 32.1 Å². The van der Waals surface area contributed by atoms with E-state index in [-0.39, 0.29) is 12.8 Å². The molecule has 0 amide bonds. The smallest absolute Gasteiger partial charge is 0.378 e. The molecule has 76 valence electrons. The Labute approximate surface area is 73.7 Å². The minimum absolute atomic E-state index is 0.333. The lowest BCUT2D eigenvalue weighted by Gasteiger charge is -2.33. The van der Waals surface area contributed by atoms with Gasteiger partial charge in [0, 0.05) is 0 Å². The fraction of sp³-hybridized carbons (Fsp3) is 0.875. The number of hydrogen-bond acceptors (Lipinski definition) is 1. The van der Waals surface area contributed by atoms with Crippen molar-refractivity contribution < 1.29 is 23.1 Å². The SMILES string of the molecule is O=C(O)C(F)(F)C1(F)CCCCC1. The summed E-state index contributed by atoms with van der Waals surface area (Å²) in [6.45, 7) is 0. The quantitative estimate of drug-likeness (QED) is 0.736. The van der Waals surface area contributed by atoms with E-state index in [2.05, 4.69) is 0 Å². The fourth-order valence-corrected chi connectivity index (χ4v) is 1.62. The van der Waals surface area contributed by atoms with Gasteiger partial charge >= 0.3 is 11.9 Å². The topological polar surface area (TPSA) is 37.3 Å². The van der Waals surface area contributed by atoms with Crippen molar-refractivity contribution in [2.24, 2.45) is 0 Å².